The van der Waals surface area contributed by atoms with Gasteiger partial charge in [0.05, 0.1) is 0 Å². The molecule has 250 valence electrons. The molecule has 0 aliphatic heterocycles. The van der Waals surface area contributed by atoms with E-state index in [1.165, 1.54) is 186 Å². The van der Waals surface area contributed by atoms with Crippen molar-refractivity contribution in [2.24, 2.45) is 11.8 Å². The van der Waals surface area contributed by atoms with Crippen LogP contribution in [0.1, 0.15) is 200 Å². The Hall–Kier alpha value is -1.24. The summed E-state index contributed by atoms with van der Waals surface area (Å²) in [5, 5.41) is 0. The summed E-state index contributed by atoms with van der Waals surface area (Å²) < 4.78 is 0. The molecule has 0 aromatic heterocycles. The van der Waals surface area contributed by atoms with Crippen molar-refractivity contribution < 1.29 is 0 Å². The van der Waals surface area contributed by atoms with Crippen molar-refractivity contribution in [1.29, 1.82) is 0 Å². The number of unbranched alkanes of at least 4 members (excludes halogenated alkanes) is 22. The molecule has 0 radical (unpaired) electrons. The lowest BCUT2D eigenvalue weighted by atomic mass is 10.0. The fourth-order valence-corrected chi connectivity index (χ4v) is 6.29. The summed E-state index contributed by atoms with van der Waals surface area (Å²) >= 11 is 0. The molecule has 1 rings (SSSR count). The minimum atomic E-state index is 0.882. The zero-order valence-electron chi connectivity index (χ0n) is 29.9. The van der Waals surface area contributed by atoms with Gasteiger partial charge in [-0.2, -0.15) is 0 Å². The van der Waals surface area contributed by atoms with Crippen molar-refractivity contribution in [1.82, 2.24) is 4.90 Å². The van der Waals surface area contributed by atoms with Crippen LogP contribution in [0.15, 0.2) is 36.5 Å². The quantitative estimate of drug-likeness (QED) is 0.0749. The smallest absolute Gasteiger partial charge is 0.0172 e. The van der Waals surface area contributed by atoms with Gasteiger partial charge in [0.15, 0.2) is 0 Å². The largest absolute Gasteiger partial charge is 0.377 e. The molecule has 0 fully saturated rings. The summed E-state index contributed by atoms with van der Waals surface area (Å²) in [5.74, 6) is 1.76. The molecule has 0 aliphatic rings. The van der Waals surface area contributed by atoms with Crippen LogP contribution in [-0.4, -0.2) is 18.0 Å². The van der Waals surface area contributed by atoms with E-state index in [1.807, 2.05) is 0 Å². The van der Waals surface area contributed by atoms with Gasteiger partial charge in [-0.15, -0.1) is 0 Å². The first-order valence-electron chi connectivity index (χ1n) is 19.5. The number of benzene rings is 1. The molecular formula is C42H77N. The van der Waals surface area contributed by atoms with Crippen LogP contribution in [-0.2, 0) is 0 Å². The van der Waals surface area contributed by atoms with Crippen molar-refractivity contribution in [3.63, 3.8) is 0 Å². The lowest BCUT2D eigenvalue weighted by Gasteiger charge is -2.20. The van der Waals surface area contributed by atoms with Gasteiger partial charge in [0.2, 0.25) is 0 Å². The van der Waals surface area contributed by atoms with Crippen LogP contribution in [0.4, 0.5) is 0 Å². The molecule has 0 saturated heterocycles. The van der Waals surface area contributed by atoms with E-state index in [-0.39, 0.29) is 0 Å². The van der Waals surface area contributed by atoms with Crippen molar-refractivity contribution >= 4 is 6.08 Å². The van der Waals surface area contributed by atoms with Gasteiger partial charge in [0, 0.05) is 13.1 Å². The zero-order chi connectivity index (χ0) is 31.1. The van der Waals surface area contributed by atoms with Crippen molar-refractivity contribution in [2.45, 2.75) is 195 Å². The highest BCUT2D eigenvalue weighted by Crippen LogP contribution is 2.16. The number of hydrogen-bond acceptors (Lipinski definition) is 1. The standard InChI is InChI=1S/C42H77N/c1-40(2)32-26-21-17-13-9-5-7-11-15-19-23-30-37-43(39-36-42-34-28-25-29-35-42)38-31-24-20-16-12-8-6-10-14-18-22-27-33-41(3)4/h25,28-29,34-36,39-41H,5-24,26-27,30-33,37-38H2,1-4H3. The molecule has 1 aromatic carbocycles. The van der Waals surface area contributed by atoms with E-state index in [0.29, 0.717) is 0 Å². The molecule has 0 amide bonds. The normalized spacial score (nSPS) is 11.9. The average Bonchev–Trinajstić information content (AvgIpc) is 2.99. The summed E-state index contributed by atoms with van der Waals surface area (Å²) in [4.78, 5) is 2.61. The van der Waals surface area contributed by atoms with E-state index < -0.39 is 0 Å². The summed E-state index contributed by atoms with van der Waals surface area (Å²) in [7, 11) is 0. The van der Waals surface area contributed by atoms with E-state index in [2.05, 4.69) is 75.2 Å². The van der Waals surface area contributed by atoms with Crippen LogP contribution in [0.25, 0.3) is 6.08 Å². The molecular weight excluding hydrogens is 518 g/mol. The summed E-state index contributed by atoms with van der Waals surface area (Å²) in [6.45, 7) is 11.8. The highest BCUT2D eigenvalue weighted by molar-refractivity contribution is 5.48. The van der Waals surface area contributed by atoms with Crippen LogP contribution in [0.2, 0.25) is 0 Å². The second kappa shape index (κ2) is 30.8. The van der Waals surface area contributed by atoms with Crippen LogP contribution < -0.4 is 0 Å². The Kier molecular flexibility index (Phi) is 28.5. The maximum atomic E-state index is 2.61. The molecule has 0 atom stereocenters. The minimum absolute atomic E-state index is 0.882. The van der Waals surface area contributed by atoms with E-state index in [1.54, 1.807) is 0 Å². The average molecular weight is 596 g/mol. The molecule has 0 heterocycles. The lowest BCUT2D eigenvalue weighted by Crippen LogP contribution is -2.20. The molecule has 43 heavy (non-hydrogen) atoms. The van der Waals surface area contributed by atoms with Gasteiger partial charge in [-0.25, -0.2) is 0 Å². The minimum Gasteiger partial charge on any atom is -0.377 e. The molecule has 0 N–H and O–H groups in total. The van der Waals surface area contributed by atoms with Gasteiger partial charge < -0.3 is 4.90 Å². The Bertz CT molecular complexity index is 654. The predicted molar refractivity (Wildman–Crippen MR) is 197 cm³/mol. The molecule has 1 heteroatoms. The monoisotopic (exact) mass is 596 g/mol. The van der Waals surface area contributed by atoms with Crippen LogP contribution in [0.5, 0.6) is 0 Å². The first-order valence-corrected chi connectivity index (χ1v) is 19.5. The third kappa shape index (κ3) is 29.2. The van der Waals surface area contributed by atoms with E-state index in [9.17, 15) is 0 Å². The van der Waals surface area contributed by atoms with Gasteiger partial charge in [0.1, 0.15) is 0 Å². The third-order valence-corrected chi connectivity index (χ3v) is 9.23. The fraction of sp³-hybridized carbons (Fsp3) is 0.810. The number of hydrogen-bond donors (Lipinski definition) is 0. The maximum absolute atomic E-state index is 2.61. The Labute approximate surface area is 272 Å². The number of nitrogens with zero attached hydrogens (tertiary/aromatic N) is 1. The maximum Gasteiger partial charge on any atom is 0.0172 e. The van der Waals surface area contributed by atoms with Gasteiger partial charge in [-0.3, -0.25) is 0 Å². The van der Waals surface area contributed by atoms with Gasteiger partial charge in [-0.1, -0.05) is 212 Å². The molecule has 0 unspecified atom stereocenters. The summed E-state index contributed by atoms with van der Waals surface area (Å²) in [5.41, 5.74) is 1.32. The molecule has 1 aromatic rings. The molecule has 0 bridgehead atoms. The highest BCUT2D eigenvalue weighted by Gasteiger charge is 2.02. The van der Waals surface area contributed by atoms with Crippen molar-refractivity contribution in [3.05, 3.63) is 42.1 Å². The molecule has 0 saturated carbocycles. The Morgan fingerprint density at radius 1 is 0.419 bits per heavy atom. The SMILES string of the molecule is CC(C)CCCCCCCCCCCCCCN(C=Cc1ccccc1)CCCCCCCCCCCCCCC(C)C. The first kappa shape index (κ1) is 39.8. The number of rotatable bonds is 32. The molecule has 1 nitrogen and oxygen atoms in total. The first-order chi connectivity index (χ1) is 21.1. The van der Waals surface area contributed by atoms with Crippen LogP contribution in [0, 0.1) is 11.8 Å². The van der Waals surface area contributed by atoms with Gasteiger partial charge in [0.25, 0.3) is 0 Å². The second-order valence-electron chi connectivity index (χ2n) is 14.6. The summed E-state index contributed by atoms with van der Waals surface area (Å²) in [6, 6.07) is 10.8. The van der Waals surface area contributed by atoms with E-state index in [0.717, 1.165) is 11.8 Å². The summed E-state index contributed by atoms with van der Waals surface area (Å²) in [6.07, 6.45) is 42.0. The van der Waals surface area contributed by atoms with Crippen molar-refractivity contribution in [2.75, 3.05) is 13.1 Å². The molecule has 0 spiro atoms. The third-order valence-electron chi connectivity index (χ3n) is 9.23. The van der Waals surface area contributed by atoms with E-state index in [4.69, 9.17) is 0 Å². The Morgan fingerprint density at radius 3 is 1.05 bits per heavy atom. The van der Waals surface area contributed by atoms with Crippen LogP contribution in [0.3, 0.4) is 0 Å². The highest BCUT2D eigenvalue weighted by atomic mass is 15.1. The topological polar surface area (TPSA) is 3.24 Å². The van der Waals surface area contributed by atoms with Gasteiger partial charge >= 0.3 is 0 Å². The Balaban J connectivity index is 2.06. The van der Waals surface area contributed by atoms with Crippen molar-refractivity contribution in [3.8, 4) is 0 Å². The predicted octanol–water partition coefficient (Wildman–Crippen LogP) is 14.4. The zero-order valence-corrected chi connectivity index (χ0v) is 29.9. The fourth-order valence-electron chi connectivity index (χ4n) is 6.29. The molecule has 0 aliphatic carbocycles. The van der Waals surface area contributed by atoms with Crippen LogP contribution >= 0.6 is 0 Å². The lowest BCUT2D eigenvalue weighted by molar-refractivity contribution is 0.351. The second-order valence-corrected chi connectivity index (χ2v) is 14.6. The van der Waals surface area contributed by atoms with Gasteiger partial charge in [-0.05, 0) is 42.5 Å². The Morgan fingerprint density at radius 2 is 0.721 bits per heavy atom. The van der Waals surface area contributed by atoms with E-state index >= 15 is 0 Å².